The lowest BCUT2D eigenvalue weighted by Crippen LogP contribution is -2.17. The van der Waals surface area contributed by atoms with Crippen LogP contribution in [0.3, 0.4) is 0 Å². The van der Waals surface area contributed by atoms with Crippen LogP contribution in [0.5, 0.6) is 0 Å². The number of halogens is 1. The van der Waals surface area contributed by atoms with Gasteiger partial charge in [-0.3, -0.25) is 4.79 Å². The minimum atomic E-state index is -0.0211. The molecule has 2 aromatic heterocycles. The number of thiophene rings is 1. The molecule has 4 nitrogen and oxygen atoms in total. The number of benzene rings is 1. The maximum atomic E-state index is 12.4. The molecule has 4 rings (SSSR count). The van der Waals surface area contributed by atoms with Crippen LogP contribution >= 0.6 is 34.7 Å². The van der Waals surface area contributed by atoms with Gasteiger partial charge in [-0.2, -0.15) is 16.9 Å². The van der Waals surface area contributed by atoms with E-state index in [9.17, 15) is 4.79 Å². The van der Waals surface area contributed by atoms with Crippen LogP contribution in [0.25, 0.3) is 5.69 Å². The number of amides is 1. The first-order valence-electron chi connectivity index (χ1n) is 7.47. The van der Waals surface area contributed by atoms with Gasteiger partial charge in [-0.05, 0) is 35.7 Å². The topological polar surface area (TPSA) is 46.9 Å². The molecule has 0 radical (unpaired) electrons. The van der Waals surface area contributed by atoms with Crippen LogP contribution in [0.1, 0.15) is 16.1 Å². The van der Waals surface area contributed by atoms with Crippen molar-refractivity contribution in [3.63, 3.8) is 0 Å². The first kappa shape index (κ1) is 15.7. The second-order valence-corrected chi connectivity index (χ2v) is 7.91. The molecule has 7 heteroatoms. The predicted molar refractivity (Wildman–Crippen MR) is 100 cm³/mol. The lowest BCUT2D eigenvalue weighted by atomic mass is 10.2. The summed E-state index contributed by atoms with van der Waals surface area (Å²) in [6.07, 6.45) is 0.380. The van der Waals surface area contributed by atoms with E-state index in [0.717, 1.165) is 39.1 Å². The van der Waals surface area contributed by atoms with Gasteiger partial charge in [0, 0.05) is 27.0 Å². The summed E-state index contributed by atoms with van der Waals surface area (Å²) in [5.74, 6) is 2.51. The second kappa shape index (κ2) is 6.63. The van der Waals surface area contributed by atoms with Crippen LogP contribution in [0, 0.1) is 0 Å². The first-order valence-corrected chi connectivity index (χ1v) is 9.88. The van der Waals surface area contributed by atoms with E-state index in [0.29, 0.717) is 11.4 Å². The molecule has 3 heterocycles. The Hall–Kier alpha value is -1.76. The van der Waals surface area contributed by atoms with Crippen molar-refractivity contribution in [3.8, 4) is 5.69 Å². The van der Waals surface area contributed by atoms with Crippen LogP contribution in [0.4, 0.5) is 5.82 Å². The summed E-state index contributed by atoms with van der Waals surface area (Å²) >= 11 is 9.38. The molecule has 0 fully saturated rings. The molecule has 1 aromatic carbocycles. The number of nitrogens with zero attached hydrogens (tertiary/aromatic N) is 2. The van der Waals surface area contributed by atoms with Gasteiger partial charge in [-0.1, -0.05) is 17.7 Å². The van der Waals surface area contributed by atoms with Gasteiger partial charge in [-0.15, -0.1) is 11.3 Å². The highest BCUT2D eigenvalue weighted by atomic mass is 35.5. The number of fused-ring (bicyclic) bond motifs is 1. The molecular weight excluding hydrogens is 362 g/mol. The lowest BCUT2D eigenvalue weighted by molar-refractivity contribution is -0.115. The number of hydrogen-bond acceptors (Lipinski definition) is 4. The first-order chi connectivity index (χ1) is 11.7. The predicted octanol–water partition coefficient (Wildman–Crippen LogP) is 4.52. The second-order valence-electron chi connectivity index (χ2n) is 5.46. The highest BCUT2D eigenvalue weighted by Crippen LogP contribution is 2.36. The number of rotatable bonds is 4. The third kappa shape index (κ3) is 3.09. The molecule has 0 atom stereocenters. The number of aromatic nitrogens is 2. The van der Waals surface area contributed by atoms with Crippen molar-refractivity contribution in [1.82, 2.24) is 9.78 Å². The van der Waals surface area contributed by atoms with Gasteiger partial charge in [0.25, 0.3) is 0 Å². The van der Waals surface area contributed by atoms with E-state index < -0.39 is 0 Å². The molecule has 0 saturated carbocycles. The van der Waals surface area contributed by atoms with Crippen molar-refractivity contribution in [2.45, 2.75) is 17.9 Å². The number of nitrogens with one attached hydrogen (secondary N) is 1. The Morgan fingerprint density at radius 2 is 2.08 bits per heavy atom. The normalized spacial score (nSPS) is 13.0. The minimum Gasteiger partial charge on any atom is -0.310 e. The highest BCUT2D eigenvalue weighted by Gasteiger charge is 2.24. The van der Waals surface area contributed by atoms with Crippen molar-refractivity contribution in [2.75, 3.05) is 5.32 Å². The Morgan fingerprint density at radius 3 is 2.83 bits per heavy atom. The zero-order valence-corrected chi connectivity index (χ0v) is 15.0. The van der Waals surface area contributed by atoms with Gasteiger partial charge in [0.05, 0.1) is 17.8 Å². The number of carbonyl (C=O) groups is 1. The number of thioether (sulfide) groups is 1. The van der Waals surface area contributed by atoms with E-state index in [-0.39, 0.29) is 5.91 Å². The average Bonchev–Trinajstić information content (AvgIpc) is 3.27. The molecule has 1 amide bonds. The fourth-order valence-corrected chi connectivity index (χ4v) is 4.52. The summed E-state index contributed by atoms with van der Waals surface area (Å²) in [7, 11) is 0. The summed E-state index contributed by atoms with van der Waals surface area (Å²) in [6, 6.07) is 11.4. The number of hydrogen-bond donors (Lipinski definition) is 1. The van der Waals surface area contributed by atoms with E-state index in [4.69, 9.17) is 11.6 Å². The van der Waals surface area contributed by atoms with Crippen LogP contribution in [-0.2, 0) is 22.7 Å². The summed E-state index contributed by atoms with van der Waals surface area (Å²) in [5, 5.41) is 10.4. The molecule has 1 aliphatic rings. The summed E-state index contributed by atoms with van der Waals surface area (Å²) < 4.78 is 1.81. The number of carbonyl (C=O) groups excluding carboxylic acids is 1. The van der Waals surface area contributed by atoms with Crippen molar-refractivity contribution in [1.29, 1.82) is 0 Å². The van der Waals surface area contributed by atoms with E-state index in [2.05, 4.69) is 10.4 Å². The van der Waals surface area contributed by atoms with Crippen molar-refractivity contribution in [2.24, 2.45) is 0 Å². The highest BCUT2D eigenvalue weighted by molar-refractivity contribution is 7.98. The van der Waals surface area contributed by atoms with Crippen molar-refractivity contribution >= 4 is 46.4 Å². The molecule has 122 valence electrons. The standard InChI is InChI=1S/C17H14ClN3OS2/c18-11-3-5-12(6-4-11)21-17(14-9-23-10-15(14)20-21)19-16(22)8-13-2-1-7-24-13/h1-7H,8-10H2,(H,19,22). The van der Waals surface area contributed by atoms with E-state index in [1.165, 1.54) is 0 Å². The molecule has 24 heavy (non-hydrogen) atoms. The quantitative estimate of drug-likeness (QED) is 0.729. The summed E-state index contributed by atoms with van der Waals surface area (Å²) in [5.41, 5.74) is 3.06. The third-order valence-electron chi connectivity index (χ3n) is 3.80. The van der Waals surface area contributed by atoms with Crippen LogP contribution in [-0.4, -0.2) is 15.7 Å². The molecule has 0 saturated heterocycles. The van der Waals surface area contributed by atoms with Gasteiger partial charge in [0.15, 0.2) is 0 Å². The maximum Gasteiger partial charge on any atom is 0.230 e. The minimum absolute atomic E-state index is 0.0211. The molecule has 0 bridgehead atoms. The fourth-order valence-electron chi connectivity index (χ4n) is 2.66. The van der Waals surface area contributed by atoms with Gasteiger partial charge in [0.2, 0.25) is 5.91 Å². The fraction of sp³-hybridized carbons (Fsp3) is 0.176. The Kier molecular flexibility index (Phi) is 4.35. The molecule has 0 unspecified atom stereocenters. The van der Waals surface area contributed by atoms with E-state index in [1.807, 2.05) is 58.2 Å². The van der Waals surface area contributed by atoms with Crippen molar-refractivity contribution < 1.29 is 4.79 Å². The zero-order chi connectivity index (χ0) is 16.5. The maximum absolute atomic E-state index is 12.4. The Labute approximate surface area is 152 Å². The third-order valence-corrected chi connectivity index (χ3v) is 5.89. The van der Waals surface area contributed by atoms with E-state index in [1.54, 1.807) is 11.3 Å². The van der Waals surface area contributed by atoms with Crippen molar-refractivity contribution in [3.05, 3.63) is 62.9 Å². The van der Waals surface area contributed by atoms with Gasteiger partial charge in [0.1, 0.15) is 5.82 Å². The molecule has 0 aliphatic carbocycles. The van der Waals surface area contributed by atoms with Gasteiger partial charge < -0.3 is 5.32 Å². The van der Waals surface area contributed by atoms with Crippen LogP contribution < -0.4 is 5.32 Å². The molecule has 1 aliphatic heterocycles. The van der Waals surface area contributed by atoms with Crippen LogP contribution in [0.15, 0.2) is 41.8 Å². The average molecular weight is 376 g/mol. The Bertz CT molecular complexity index is 872. The van der Waals surface area contributed by atoms with E-state index >= 15 is 0 Å². The SMILES string of the molecule is O=C(Cc1cccs1)Nc1c2c(nn1-c1ccc(Cl)cc1)CSC2. The molecular formula is C17H14ClN3OS2. The van der Waals surface area contributed by atoms with Gasteiger partial charge in [-0.25, -0.2) is 4.68 Å². The zero-order valence-electron chi connectivity index (χ0n) is 12.7. The largest absolute Gasteiger partial charge is 0.310 e. The molecule has 3 aromatic rings. The molecule has 1 N–H and O–H groups in total. The Balaban J connectivity index is 1.66. The lowest BCUT2D eigenvalue weighted by Gasteiger charge is -2.11. The molecule has 0 spiro atoms. The Morgan fingerprint density at radius 1 is 1.25 bits per heavy atom. The summed E-state index contributed by atoms with van der Waals surface area (Å²) in [4.78, 5) is 13.5. The summed E-state index contributed by atoms with van der Waals surface area (Å²) in [6.45, 7) is 0. The monoisotopic (exact) mass is 375 g/mol. The van der Waals surface area contributed by atoms with Crippen LogP contribution in [0.2, 0.25) is 5.02 Å². The number of anilines is 1. The van der Waals surface area contributed by atoms with Gasteiger partial charge >= 0.3 is 0 Å². The smallest absolute Gasteiger partial charge is 0.230 e.